The Morgan fingerprint density at radius 2 is 1.20 bits per heavy atom. The molecule has 0 radical (unpaired) electrons. The van der Waals surface area contributed by atoms with E-state index in [2.05, 4.69) is 47.5 Å². The summed E-state index contributed by atoms with van der Waals surface area (Å²) < 4.78 is 0. The molecule has 0 aromatic heterocycles. The van der Waals surface area contributed by atoms with Crippen LogP contribution in [0.2, 0.25) is 0 Å². The summed E-state index contributed by atoms with van der Waals surface area (Å²) in [6.07, 6.45) is 26.5. The number of nitrogens with zero attached hydrogens (tertiary/aromatic N) is 1. The molecule has 1 aromatic carbocycles. The monoisotopic (exact) mass is 484 g/mol. The second-order valence-electron chi connectivity index (χ2n) is 10.9. The van der Waals surface area contributed by atoms with Crippen molar-refractivity contribution >= 4 is 5.91 Å². The fourth-order valence-corrected chi connectivity index (χ4v) is 5.51. The molecule has 0 bridgehead atoms. The van der Waals surface area contributed by atoms with Gasteiger partial charge in [-0.15, -0.1) is 0 Å². The van der Waals surface area contributed by atoms with Crippen molar-refractivity contribution in [3.63, 3.8) is 0 Å². The minimum atomic E-state index is 0.213. The van der Waals surface area contributed by atoms with Crippen molar-refractivity contribution in [3.8, 4) is 0 Å². The Morgan fingerprint density at radius 3 is 1.71 bits per heavy atom. The van der Waals surface area contributed by atoms with E-state index in [0.717, 1.165) is 26.1 Å². The minimum Gasteiger partial charge on any atom is -0.356 e. The van der Waals surface area contributed by atoms with Gasteiger partial charge in [0.15, 0.2) is 0 Å². The molecule has 1 aliphatic heterocycles. The first-order chi connectivity index (χ1) is 17.3. The molecule has 1 atom stereocenters. The van der Waals surface area contributed by atoms with Crippen molar-refractivity contribution in [2.45, 2.75) is 141 Å². The third-order valence-electron chi connectivity index (χ3n) is 7.75. The molecule has 1 aromatic rings. The van der Waals surface area contributed by atoms with E-state index in [0.29, 0.717) is 6.42 Å². The number of rotatable bonds is 21. The average molecular weight is 485 g/mol. The molecule has 3 nitrogen and oxygen atoms in total. The quantitative estimate of drug-likeness (QED) is 0.177. The summed E-state index contributed by atoms with van der Waals surface area (Å²) in [4.78, 5) is 15.2. The van der Waals surface area contributed by atoms with Gasteiger partial charge in [0, 0.05) is 19.0 Å². The maximum Gasteiger partial charge on any atom is 0.221 e. The third kappa shape index (κ3) is 14.7. The van der Waals surface area contributed by atoms with Crippen LogP contribution in [0, 0.1) is 0 Å². The van der Waals surface area contributed by atoms with Crippen molar-refractivity contribution in [1.82, 2.24) is 10.2 Å². The first kappa shape index (κ1) is 29.9. The highest BCUT2D eigenvalue weighted by Gasteiger charge is 2.24. The molecule has 1 saturated heterocycles. The molecule has 0 saturated carbocycles. The molecule has 1 N–H and O–H groups in total. The fraction of sp³-hybridized carbons (Fsp3) is 0.781. The number of benzene rings is 1. The Labute approximate surface area is 217 Å². The normalized spacial score (nSPS) is 15.2. The lowest BCUT2D eigenvalue weighted by Gasteiger charge is -2.34. The van der Waals surface area contributed by atoms with Gasteiger partial charge in [-0.25, -0.2) is 0 Å². The second-order valence-corrected chi connectivity index (χ2v) is 10.9. The van der Waals surface area contributed by atoms with Crippen LogP contribution in [0.15, 0.2) is 30.3 Å². The molecule has 1 fully saturated rings. The van der Waals surface area contributed by atoms with E-state index in [9.17, 15) is 4.79 Å². The van der Waals surface area contributed by atoms with E-state index in [1.165, 1.54) is 121 Å². The van der Waals surface area contributed by atoms with Crippen molar-refractivity contribution in [3.05, 3.63) is 35.9 Å². The number of likely N-dealkylation sites (tertiary alicyclic amines) is 1. The average Bonchev–Trinajstić information content (AvgIpc) is 2.90. The first-order valence-corrected chi connectivity index (χ1v) is 15.4. The molecule has 0 aliphatic carbocycles. The van der Waals surface area contributed by atoms with Crippen molar-refractivity contribution in [2.24, 2.45) is 0 Å². The van der Waals surface area contributed by atoms with Gasteiger partial charge >= 0.3 is 0 Å². The maximum atomic E-state index is 12.7. The Morgan fingerprint density at radius 1 is 0.714 bits per heavy atom. The SMILES string of the molecule is CCCCCCCCCCCCCCCCCCNC(=O)CC(c1ccccc1)N1CCCCC1. The van der Waals surface area contributed by atoms with E-state index in [4.69, 9.17) is 0 Å². The maximum absolute atomic E-state index is 12.7. The summed E-state index contributed by atoms with van der Waals surface area (Å²) in [5, 5.41) is 3.21. The van der Waals surface area contributed by atoms with Crippen molar-refractivity contribution in [2.75, 3.05) is 19.6 Å². The molecule has 35 heavy (non-hydrogen) atoms. The number of carbonyl (C=O) groups excluding carboxylic acids is 1. The summed E-state index contributed by atoms with van der Waals surface area (Å²) in [5.74, 6) is 0.213. The Bertz CT molecular complexity index is 611. The standard InChI is InChI=1S/C32H56N2O/c1-2-3-4-5-6-7-8-9-10-11-12-13-14-15-16-21-26-33-32(35)29-31(30-24-19-17-20-25-30)34-27-22-18-23-28-34/h17,19-20,24-25,31H,2-16,18,21-23,26-29H2,1H3,(H,33,35). The van der Waals surface area contributed by atoms with Crippen LogP contribution < -0.4 is 5.32 Å². The van der Waals surface area contributed by atoms with Crippen molar-refractivity contribution in [1.29, 1.82) is 0 Å². The molecule has 3 heteroatoms. The van der Waals surface area contributed by atoms with Gasteiger partial charge in [0.2, 0.25) is 5.91 Å². The number of unbranched alkanes of at least 4 members (excludes halogenated alkanes) is 15. The van der Waals surface area contributed by atoms with E-state index in [1.54, 1.807) is 0 Å². The van der Waals surface area contributed by atoms with E-state index in [-0.39, 0.29) is 11.9 Å². The van der Waals surface area contributed by atoms with Gasteiger partial charge in [0.1, 0.15) is 0 Å². The minimum absolute atomic E-state index is 0.213. The van der Waals surface area contributed by atoms with Gasteiger partial charge in [-0.2, -0.15) is 0 Å². The number of hydrogen-bond acceptors (Lipinski definition) is 2. The van der Waals surface area contributed by atoms with Crippen LogP contribution in [-0.2, 0) is 4.79 Å². The van der Waals surface area contributed by atoms with Gasteiger partial charge < -0.3 is 5.32 Å². The Kier molecular flexibility index (Phi) is 17.8. The highest BCUT2D eigenvalue weighted by molar-refractivity contribution is 5.76. The highest BCUT2D eigenvalue weighted by atomic mass is 16.1. The molecular formula is C32H56N2O. The largest absolute Gasteiger partial charge is 0.356 e. The van der Waals surface area contributed by atoms with Crippen LogP contribution in [0.5, 0.6) is 0 Å². The van der Waals surface area contributed by atoms with Gasteiger partial charge in [0.05, 0.1) is 0 Å². The van der Waals surface area contributed by atoms with Gasteiger partial charge in [-0.1, -0.05) is 140 Å². The van der Waals surface area contributed by atoms with Crippen LogP contribution in [0.4, 0.5) is 0 Å². The lowest BCUT2D eigenvalue weighted by atomic mass is 9.98. The van der Waals surface area contributed by atoms with Crippen molar-refractivity contribution < 1.29 is 4.79 Å². The van der Waals surface area contributed by atoms with E-state index < -0.39 is 0 Å². The van der Waals surface area contributed by atoms with Crippen LogP contribution in [0.25, 0.3) is 0 Å². The fourth-order valence-electron chi connectivity index (χ4n) is 5.51. The molecular weight excluding hydrogens is 428 g/mol. The van der Waals surface area contributed by atoms with Crippen LogP contribution in [0.1, 0.15) is 147 Å². The topological polar surface area (TPSA) is 32.3 Å². The lowest BCUT2D eigenvalue weighted by Crippen LogP contribution is -2.37. The first-order valence-electron chi connectivity index (χ1n) is 15.4. The number of hydrogen-bond donors (Lipinski definition) is 1. The predicted octanol–water partition coefficient (Wildman–Crippen LogP) is 8.98. The summed E-state index contributed by atoms with van der Waals surface area (Å²) in [5.41, 5.74) is 1.28. The molecule has 0 spiro atoms. The zero-order valence-corrected chi connectivity index (χ0v) is 23.1. The molecule has 1 unspecified atom stereocenters. The Hall–Kier alpha value is -1.35. The van der Waals surface area contributed by atoms with E-state index in [1.807, 2.05) is 0 Å². The molecule has 1 aliphatic rings. The molecule has 1 heterocycles. The molecule has 1 amide bonds. The summed E-state index contributed by atoms with van der Waals surface area (Å²) in [6, 6.07) is 10.8. The van der Waals surface area contributed by atoms with Gasteiger partial charge in [0.25, 0.3) is 0 Å². The van der Waals surface area contributed by atoms with E-state index >= 15 is 0 Å². The second kappa shape index (κ2) is 20.8. The van der Waals surface area contributed by atoms with Gasteiger partial charge in [-0.05, 0) is 37.9 Å². The van der Waals surface area contributed by atoms with Crippen LogP contribution >= 0.6 is 0 Å². The number of piperidine rings is 1. The predicted molar refractivity (Wildman–Crippen MR) is 152 cm³/mol. The highest BCUT2D eigenvalue weighted by Crippen LogP contribution is 2.27. The van der Waals surface area contributed by atoms with Crippen LogP contribution in [-0.4, -0.2) is 30.4 Å². The zero-order valence-electron chi connectivity index (χ0n) is 23.1. The number of nitrogens with one attached hydrogen (secondary N) is 1. The summed E-state index contributed by atoms with van der Waals surface area (Å²) in [6.45, 7) is 5.36. The number of carbonyl (C=O) groups is 1. The molecule has 2 rings (SSSR count). The Balaban J connectivity index is 1.43. The number of amides is 1. The van der Waals surface area contributed by atoms with Crippen LogP contribution in [0.3, 0.4) is 0 Å². The zero-order chi connectivity index (χ0) is 24.8. The molecule has 200 valence electrons. The summed E-state index contributed by atoms with van der Waals surface area (Å²) >= 11 is 0. The third-order valence-corrected chi connectivity index (χ3v) is 7.75. The lowest BCUT2D eigenvalue weighted by molar-refractivity contribution is -0.122. The summed E-state index contributed by atoms with van der Waals surface area (Å²) in [7, 11) is 0. The smallest absolute Gasteiger partial charge is 0.221 e. The van der Waals surface area contributed by atoms with Gasteiger partial charge in [-0.3, -0.25) is 9.69 Å².